The molecule has 170 valence electrons. The van der Waals surface area contributed by atoms with Crippen LogP contribution in [0.1, 0.15) is 62.2 Å². The molecule has 32 heavy (non-hydrogen) atoms. The van der Waals surface area contributed by atoms with Crippen molar-refractivity contribution in [1.82, 2.24) is 14.9 Å². The maximum atomic E-state index is 12.8. The topological polar surface area (TPSA) is 75.6 Å². The summed E-state index contributed by atoms with van der Waals surface area (Å²) >= 11 is 0. The Bertz CT molecular complexity index is 1030. The van der Waals surface area contributed by atoms with E-state index in [1.807, 2.05) is 56.9 Å². The standard InChI is InChI=1S/C25H32N4O3/c1-16-20-13-21(30)29(14-17-8-10-19(32-5)11-9-17)23(20)27-22(26-16)18-7-6-12-28(15-18)24(31)25(2,3)4/h8-11,18H,6-7,12-15H2,1-5H3/t18-/m0/s1. The summed E-state index contributed by atoms with van der Waals surface area (Å²) in [6.45, 7) is 9.69. The molecule has 0 spiro atoms. The number of hydrogen-bond acceptors (Lipinski definition) is 5. The van der Waals surface area contributed by atoms with E-state index in [0.717, 1.165) is 47.8 Å². The van der Waals surface area contributed by atoms with E-state index in [1.54, 1.807) is 12.0 Å². The molecule has 3 heterocycles. The molecule has 7 heteroatoms. The molecule has 2 amide bonds. The van der Waals surface area contributed by atoms with Crippen molar-refractivity contribution in [2.24, 2.45) is 5.41 Å². The Morgan fingerprint density at radius 1 is 1.19 bits per heavy atom. The number of nitrogens with zero attached hydrogens (tertiary/aromatic N) is 4. The summed E-state index contributed by atoms with van der Waals surface area (Å²) in [6, 6.07) is 7.74. The average Bonchev–Trinajstić information content (AvgIpc) is 3.09. The van der Waals surface area contributed by atoms with Crippen molar-refractivity contribution in [3.8, 4) is 5.75 Å². The van der Waals surface area contributed by atoms with Gasteiger partial charge in [0.15, 0.2) is 0 Å². The highest BCUT2D eigenvalue weighted by atomic mass is 16.5. The molecule has 1 aromatic carbocycles. The van der Waals surface area contributed by atoms with Crippen LogP contribution in [0.25, 0.3) is 0 Å². The molecule has 0 radical (unpaired) electrons. The number of aromatic nitrogens is 2. The second kappa shape index (κ2) is 8.52. The van der Waals surface area contributed by atoms with Gasteiger partial charge < -0.3 is 9.64 Å². The molecule has 7 nitrogen and oxygen atoms in total. The molecule has 1 atom stereocenters. The zero-order valence-corrected chi connectivity index (χ0v) is 19.6. The van der Waals surface area contributed by atoms with Crippen molar-refractivity contribution in [1.29, 1.82) is 0 Å². The monoisotopic (exact) mass is 436 g/mol. The molecule has 2 aromatic rings. The Kier molecular flexibility index (Phi) is 5.93. The molecule has 0 aliphatic carbocycles. The second-order valence-electron chi connectivity index (χ2n) is 9.81. The normalized spacial score (nSPS) is 18.7. The van der Waals surface area contributed by atoms with Gasteiger partial charge in [-0.3, -0.25) is 14.5 Å². The minimum Gasteiger partial charge on any atom is -0.497 e. The van der Waals surface area contributed by atoms with E-state index >= 15 is 0 Å². The Hall–Kier alpha value is -2.96. The smallest absolute Gasteiger partial charge is 0.233 e. The van der Waals surface area contributed by atoms with Gasteiger partial charge in [0.25, 0.3) is 0 Å². The van der Waals surface area contributed by atoms with E-state index in [-0.39, 0.29) is 17.7 Å². The zero-order valence-electron chi connectivity index (χ0n) is 19.6. The summed E-state index contributed by atoms with van der Waals surface area (Å²) < 4.78 is 5.23. The van der Waals surface area contributed by atoms with Crippen LogP contribution in [0.4, 0.5) is 5.82 Å². The lowest BCUT2D eigenvalue weighted by molar-refractivity contribution is -0.140. The minimum absolute atomic E-state index is 0.0403. The first kappa shape index (κ1) is 22.2. The first-order chi connectivity index (χ1) is 15.2. The van der Waals surface area contributed by atoms with Crippen LogP contribution in [0.15, 0.2) is 24.3 Å². The van der Waals surface area contributed by atoms with Crippen LogP contribution >= 0.6 is 0 Å². The van der Waals surface area contributed by atoms with Gasteiger partial charge in [0.1, 0.15) is 17.4 Å². The van der Waals surface area contributed by atoms with E-state index in [9.17, 15) is 9.59 Å². The highest BCUT2D eigenvalue weighted by Gasteiger charge is 2.35. The first-order valence-corrected chi connectivity index (χ1v) is 11.3. The third kappa shape index (κ3) is 4.33. The molecule has 0 unspecified atom stereocenters. The van der Waals surface area contributed by atoms with Crippen LogP contribution in [-0.2, 0) is 22.6 Å². The van der Waals surface area contributed by atoms with Gasteiger partial charge in [-0.15, -0.1) is 0 Å². The molecule has 2 aliphatic heterocycles. The summed E-state index contributed by atoms with van der Waals surface area (Å²) in [5, 5.41) is 0. The van der Waals surface area contributed by atoms with Gasteiger partial charge in [0, 0.05) is 35.7 Å². The third-order valence-corrected chi connectivity index (χ3v) is 6.31. The van der Waals surface area contributed by atoms with E-state index in [0.29, 0.717) is 25.3 Å². The largest absolute Gasteiger partial charge is 0.497 e. The number of carbonyl (C=O) groups is 2. The molecule has 0 bridgehead atoms. The number of benzene rings is 1. The van der Waals surface area contributed by atoms with Crippen molar-refractivity contribution in [2.45, 2.75) is 59.4 Å². The number of rotatable bonds is 4. The molecular weight excluding hydrogens is 404 g/mol. The maximum absolute atomic E-state index is 12.8. The van der Waals surface area contributed by atoms with Gasteiger partial charge in [0.2, 0.25) is 11.8 Å². The molecule has 0 N–H and O–H groups in total. The number of aryl methyl sites for hydroxylation is 1. The fraction of sp³-hybridized carbons (Fsp3) is 0.520. The Morgan fingerprint density at radius 2 is 1.91 bits per heavy atom. The number of ether oxygens (including phenoxy) is 1. The summed E-state index contributed by atoms with van der Waals surface area (Å²) in [4.78, 5) is 39.0. The van der Waals surface area contributed by atoms with E-state index in [1.165, 1.54) is 0 Å². The Morgan fingerprint density at radius 3 is 2.56 bits per heavy atom. The SMILES string of the molecule is COc1ccc(CN2C(=O)Cc3c(C)nc([C@H]4CCCN(C(=O)C(C)(C)C)C4)nc32)cc1. The summed E-state index contributed by atoms with van der Waals surface area (Å²) in [5.74, 6) is 2.52. The van der Waals surface area contributed by atoms with Crippen LogP contribution in [0.5, 0.6) is 5.75 Å². The van der Waals surface area contributed by atoms with Crippen LogP contribution in [-0.4, -0.2) is 46.9 Å². The number of carbonyl (C=O) groups excluding carboxylic acids is 2. The molecule has 1 saturated heterocycles. The molecule has 1 fully saturated rings. The summed E-state index contributed by atoms with van der Waals surface area (Å²) in [7, 11) is 1.64. The van der Waals surface area contributed by atoms with Gasteiger partial charge in [-0.05, 0) is 37.5 Å². The molecule has 2 aliphatic rings. The lowest BCUT2D eigenvalue weighted by atomic mass is 9.91. The predicted molar refractivity (Wildman–Crippen MR) is 123 cm³/mol. The number of piperidine rings is 1. The van der Waals surface area contributed by atoms with E-state index in [2.05, 4.69) is 0 Å². The second-order valence-corrected chi connectivity index (χ2v) is 9.81. The van der Waals surface area contributed by atoms with Crippen LogP contribution in [0.2, 0.25) is 0 Å². The number of hydrogen-bond donors (Lipinski definition) is 0. The lowest BCUT2D eigenvalue weighted by Crippen LogP contribution is -2.45. The fourth-order valence-corrected chi connectivity index (χ4v) is 4.50. The van der Waals surface area contributed by atoms with Crippen LogP contribution in [0.3, 0.4) is 0 Å². The van der Waals surface area contributed by atoms with Crippen molar-refractivity contribution in [3.05, 3.63) is 46.9 Å². The van der Waals surface area contributed by atoms with Crippen LogP contribution in [0, 0.1) is 12.3 Å². The molecular formula is C25H32N4O3. The third-order valence-electron chi connectivity index (χ3n) is 6.31. The fourth-order valence-electron chi connectivity index (χ4n) is 4.50. The molecule has 1 aromatic heterocycles. The Balaban J connectivity index is 1.59. The predicted octanol–water partition coefficient (Wildman–Crippen LogP) is 3.64. The van der Waals surface area contributed by atoms with Gasteiger partial charge in [-0.25, -0.2) is 9.97 Å². The van der Waals surface area contributed by atoms with Gasteiger partial charge in [-0.1, -0.05) is 32.9 Å². The molecule has 0 saturated carbocycles. The highest BCUT2D eigenvalue weighted by molar-refractivity contribution is 6.00. The quantitative estimate of drug-likeness (QED) is 0.732. The van der Waals surface area contributed by atoms with Crippen LogP contribution < -0.4 is 9.64 Å². The lowest BCUT2D eigenvalue weighted by Gasteiger charge is -2.36. The maximum Gasteiger partial charge on any atom is 0.233 e. The molecule has 4 rings (SSSR count). The van der Waals surface area contributed by atoms with E-state index in [4.69, 9.17) is 14.7 Å². The zero-order chi connectivity index (χ0) is 23.0. The summed E-state index contributed by atoms with van der Waals surface area (Å²) in [6.07, 6.45) is 2.20. The number of likely N-dealkylation sites (tertiary alicyclic amines) is 1. The minimum atomic E-state index is -0.405. The van der Waals surface area contributed by atoms with Gasteiger partial charge in [-0.2, -0.15) is 0 Å². The first-order valence-electron chi connectivity index (χ1n) is 11.3. The average molecular weight is 437 g/mol. The van der Waals surface area contributed by atoms with Crippen molar-refractivity contribution in [3.63, 3.8) is 0 Å². The number of methoxy groups -OCH3 is 1. The van der Waals surface area contributed by atoms with Crippen molar-refractivity contribution in [2.75, 3.05) is 25.1 Å². The highest BCUT2D eigenvalue weighted by Crippen LogP contribution is 2.34. The van der Waals surface area contributed by atoms with E-state index < -0.39 is 5.41 Å². The Labute approximate surface area is 189 Å². The number of fused-ring (bicyclic) bond motifs is 1. The van der Waals surface area contributed by atoms with Crippen molar-refractivity contribution < 1.29 is 14.3 Å². The van der Waals surface area contributed by atoms with Gasteiger partial charge >= 0.3 is 0 Å². The van der Waals surface area contributed by atoms with Crippen molar-refractivity contribution >= 4 is 17.6 Å². The number of amides is 2. The number of anilines is 1. The van der Waals surface area contributed by atoms with Gasteiger partial charge in [0.05, 0.1) is 20.1 Å². The summed E-state index contributed by atoms with van der Waals surface area (Å²) in [5.41, 5.74) is 2.38.